The average Bonchev–Trinajstić information content (AvgIpc) is 2.68. The normalized spacial score (nSPS) is 19.1. The molecule has 0 bridgehead atoms. The van der Waals surface area contributed by atoms with E-state index in [4.69, 9.17) is 0 Å². The Bertz CT molecular complexity index is 400. The van der Waals surface area contributed by atoms with Gasteiger partial charge in [-0.05, 0) is 41.4 Å². The van der Waals surface area contributed by atoms with Crippen molar-refractivity contribution in [2.24, 2.45) is 5.92 Å². The minimum Gasteiger partial charge on any atom is -0.313 e. The van der Waals surface area contributed by atoms with Gasteiger partial charge in [0.1, 0.15) is 5.82 Å². The van der Waals surface area contributed by atoms with Crippen LogP contribution in [-0.4, -0.2) is 7.05 Å². The summed E-state index contributed by atoms with van der Waals surface area (Å²) in [6.45, 7) is 0. The first-order chi connectivity index (χ1) is 9.22. The van der Waals surface area contributed by atoms with E-state index in [0.717, 1.165) is 17.9 Å². The molecule has 0 saturated heterocycles. The van der Waals surface area contributed by atoms with E-state index in [-0.39, 0.29) is 11.9 Å². The Labute approximate surface area is 124 Å². The Balaban J connectivity index is 2.08. The smallest absolute Gasteiger partial charge is 0.142 e. The van der Waals surface area contributed by atoms with Gasteiger partial charge in [-0.25, -0.2) is 4.39 Å². The summed E-state index contributed by atoms with van der Waals surface area (Å²) in [5.74, 6) is 0.619. The maximum Gasteiger partial charge on any atom is 0.142 e. The van der Waals surface area contributed by atoms with Gasteiger partial charge in [0.15, 0.2) is 0 Å². The lowest BCUT2D eigenvalue weighted by atomic mass is 9.89. The summed E-state index contributed by atoms with van der Waals surface area (Å²) < 4.78 is 14.7. The maximum atomic E-state index is 14.2. The Morgan fingerprint density at radius 3 is 2.58 bits per heavy atom. The van der Waals surface area contributed by atoms with E-state index in [9.17, 15) is 4.39 Å². The molecule has 106 valence electrons. The minimum atomic E-state index is -0.115. The second kappa shape index (κ2) is 7.39. The van der Waals surface area contributed by atoms with Crippen molar-refractivity contribution in [1.29, 1.82) is 0 Å². The molecule has 1 nitrogen and oxygen atoms in total. The van der Waals surface area contributed by atoms with Gasteiger partial charge in [0.2, 0.25) is 0 Å². The summed E-state index contributed by atoms with van der Waals surface area (Å²) in [6, 6.07) is 5.70. The molecule has 1 saturated carbocycles. The van der Waals surface area contributed by atoms with Crippen LogP contribution < -0.4 is 5.32 Å². The Kier molecular flexibility index (Phi) is 5.83. The van der Waals surface area contributed by atoms with Crippen LogP contribution in [0.2, 0.25) is 0 Å². The number of rotatable bonds is 4. The van der Waals surface area contributed by atoms with E-state index in [1.165, 1.54) is 38.5 Å². The molecule has 19 heavy (non-hydrogen) atoms. The van der Waals surface area contributed by atoms with Crippen LogP contribution in [-0.2, 0) is 0 Å². The van der Waals surface area contributed by atoms with Gasteiger partial charge in [0.05, 0.1) is 4.47 Å². The highest BCUT2D eigenvalue weighted by Crippen LogP contribution is 2.33. The molecule has 0 amide bonds. The van der Waals surface area contributed by atoms with Crippen LogP contribution >= 0.6 is 15.9 Å². The highest BCUT2D eigenvalue weighted by Gasteiger charge is 2.21. The van der Waals surface area contributed by atoms with Crippen molar-refractivity contribution < 1.29 is 4.39 Å². The molecule has 0 aliphatic heterocycles. The van der Waals surface area contributed by atoms with Gasteiger partial charge >= 0.3 is 0 Å². The number of benzene rings is 1. The molecule has 1 aliphatic rings. The topological polar surface area (TPSA) is 12.0 Å². The summed E-state index contributed by atoms with van der Waals surface area (Å²) >= 11 is 3.28. The molecule has 3 heteroatoms. The monoisotopic (exact) mass is 327 g/mol. The van der Waals surface area contributed by atoms with E-state index < -0.39 is 0 Å². The molecular formula is C16H23BrFN. The van der Waals surface area contributed by atoms with Crippen LogP contribution in [0.4, 0.5) is 4.39 Å². The zero-order valence-corrected chi connectivity index (χ0v) is 13.2. The van der Waals surface area contributed by atoms with Gasteiger partial charge in [0, 0.05) is 11.6 Å². The van der Waals surface area contributed by atoms with Crippen molar-refractivity contribution in [1.82, 2.24) is 5.32 Å². The third kappa shape index (κ3) is 4.03. The van der Waals surface area contributed by atoms with E-state index in [2.05, 4.69) is 21.2 Å². The summed E-state index contributed by atoms with van der Waals surface area (Å²) in [5.41, 5.74) is 0.793. The quantitative estimate of drug-likeness (QED) is 0.748. The first-order valence-corrected chi connectivity index (χ1v) is 8.13. The first kappa shape index (κ1) is 15.0. The van der Waals surface area contributed by atoms with Crippen LogP contribution in [0.1, 0.15) is 56.6 Å². The molecule has 0 spiro atoms. The van der Waals surface area contributed by atoms with Crippen LogP contribution in [0.15, 0.2) is 22.7 Å². The fourth-order valence-electron chi connectivity index (χ4n) is 3.12. The average molecular weight is 328 g/mol. The molecule has 0 aromatic heterocycles. The predicted molar refractivity (Wildman–Crippen MR) is 81.7 cm³/mol. The van der Waals surface area contributed by atoms with Crippen LogP contribution in [0.3, 0.4) is 0 Å². The fourth-order valence-corrected chi connectivity index (χ4v) is 3.50. The number of halogens is 2. The van der Waals surface area contributed by atoms with Gasteiger partial charge in [0.25, 0.3) is 0 Å². The lowest BCUT2D eigenvalue weighted by molar-refractivity contribution is 0.361. The lowest BCUT2D eigenvalue weighted by Gasteiger charge is -2.23. The van der Waals surface area contributed by atoms with E-state index in [1.54, 1.807) is 6.07 Å². The predicted octanol–water partition coefficient (Wildman–Crippen LogP) is 5.21. The van der Waals surface area contributed by atoms with E-state index in [1.807, 2.05) is 19.2 Å². The van der Waals surface area contributed by atoms with Crippen LogP contribution in [0.5, 0.6) is 0 Å². The molecule has 1 aromatic carbocycles. The SMILES string of the molecule is CNC(CC1CCCCCC1)c1cccc(Br)c1F. The molecule has 1 aromatic rings. The first-order valence-electron chi connectivity index (χ1n) is 7.33. The van der Waals surface area contributed by atoms with Crippen LogP contribution in [0.25, 0.3) is 0 Å². The molecule has 1 aliphatic carbocycles. The zero-order chi connectivity index (χ0) is 13.7. The Morgan fingerprint density at radius 2 is 1.95 bits per heavy atom. The van der Waals surface area contributed by atoms with Crippen molar-refractivity contribution in [3.8, 4) is 0 Å². The number of nitrogens with one attached hydrogen (secondary N) is 1. The Hall–Kier alpha value is -0.410. The third-order valence-electron chi connectivity index (χ3n) is 4.25. The van der Waals surface area contributed by atoms with Crippen molar-refractivity contribution in [3.63, 3.8) is 0 Å². The van der Waals surface area contributed by atoms with Gasteiger partial charge in [-0.15, -0.1) is 0 Å². The van der Waals surface area contributed by atoms with Crippen molar-refractivity contribution in [3.05, 3.63) is 34.1 Å². The van der Waals surface area contributed by atoms with Crippen molar-refractivity contribution >= 4 is 15.9 Å². The maximum absolute atomic E-state index is 14.2. The van der Waals surface area contributed by atoms with Gasteiger partial charge in [-0.1, -0.05) is 50.7 Å². The highest BCUT2D eigenvalue weighted by molar-refractivity contribution is 9.10. The third-order valence-corrected chi connectivity index (χ3v) is 4.86. The summed E-state index contributed by atoms with van der Waals surface area (Å²) in [6.07, 6.45) is 9.05. The Morgan fingerprint density at radius 1 is 1.26 bits per heavy atom. The van der Waals surface area contributed by atoms with Crippen LogP contribution in [0, 0.1) is 11.7 Å². The fraction of sp³-hybridized carbons (Fsp3) is 0.625. The molecule has 1 atom stereocenters. The molecule has 2 rings (SSSR count). The van der Waals surface area contributed by atoms with Crippen molar-refractivity contribution in [2.45, 2.75) is 51.0 Å². The summed E-state index contributed by atoms with van der Waals surface area (Å²) in [7, 11) is 1.93. The molecule has 0 heterocycles. The van der Waals surface area contributed by atoms with Gasteiger partial charge < -0.3 is 5.32 Å². The molecule has 1 fully saturated rings. The molecule has 1 N–H and O–H groups in total. The highest BCUT2D eigenvalue weighted by atomic mass is 79.9. The summed E-state index contributed by atoms with van der Waals surface area (Å²) in [5, 5.41) is 3.29. The minimum absolute atomic E-state index is 0.115. The zero-order valence-electron chi connectivity index (χ0n) is 11.6. The van der Waals surface area contributed by atoms with Gasteiger partial charge in [-0.3, -0.25) is 0 Å². The molecule has 0 radical (unpaired) electrons. The van der Waals surface area contributed by atoms with Gasteiger partial charge in [-0.2, -0.15) is 0 Å². The standard InChI is InChI=1S/C16H23BrFN/c1-19-15(11-12-7-4-2-3-5-8-12)13-9-6-10-14(17)16(13)18/h6,9-10,12,15,19H,2-5,7-8,11H2,1H3. The second-order valence-corrected chi connectivity index (χ2v) is 6.43. The van der Waals surface area contributed by atoms with Crippen molar-refractivity contribution in [2.75, 3.05) is 7.05 Å². The molecular weight excluding hydrogens is 305 g/mol. The lowest BCUT2D eigenvalue weighted by Crippen LogP contribution is -2.21. The largest absolute Gasteiger partial charge is 0.313 e. The number of hydrogen-bond acceptors (Lipinski definition) is 1. The summed E-state index contributed by atoms with van der Waals surface area (Å²) in [4.78, 5) is 0. The second-order valence-electron chi connectivity index (χ2n) is 5.58. The molecule has 1 unspecified atom stereocenters. The van der Waals surface area contributed by atoms with E-state index in [0.29, 0.717) is 4.47 Å². The van der Waals surface area contributed by atoms with E-state index >= 15 is 0 Å². The number of hydrogen-bond donors (Lipinski definition) is 1.